The van der Waals surface area contributed by atoms with Gasteiger partial charge in [0.25, 0.3) is 0 Å². The molecule has 0 heterocycles. The Hall–Kier alpha value is 1.07. The Morgan fingerprint density at radius 1 is 0.444 bits per heavy atom. The maximum atomic E-state index is 0. The van der Waals surface area contributed by atoms with E-state index in [1.807, 2.05) is 0 Å². The van der Waals surface area contributed by atoms with E-state index in [1.54, 1.807) is 0 Å². The fourth-order valence-corrected chi connectivity index (χ4v) is 0. The molecule has 0 rings (SSSR count). The van der Waals surface area contributed by atoms with E-state index in [0.717, 1.165) is 0 Å². The smallest absolute Gasteiger partial charge is 1.00 e. The first-order chi connectivity index (χ1) is 0. The Kier molecular flexibility index (Phi) is 41500. The summed E-state index contributed by atoms with van der Waals surface area (Å²) in [5.74, 6) is 0. The van der Waals surface area contributed by atoms with Gasteiger partial charge in [0.1, 0.15) is 0 Å². The summed E-state index contributed by atoms with van der Waals surface area (Å²) in [5.41, 5.74) is 0. The van der Waals surface area contributed by atoms with Gasteiger partial charge in [-0.2, -0.15) is 13.5 Å². The van der Waals surface area contributed by atoms with Gasteiger partial charge in [-0.05, 0) is 0 Å². The van der Waals surface area contributed by atoms with Crippen molar-refractivity contribution in [2.75, 3.05) is 0 Å². The Morgan fingerprint density at radius 3 is 0.444 bits per heavy atom. The van der Waals surface area contributed by atoms with Crippen molar-refractivity contribution in [3.63, 3.8) is 0 Å². The molecule has 0 aromatic rings. The topological polar surface area (TPSA) is 220 Å². The average molecular weight is 184 g/mol. The summed E-state index contributed by atoms with van der Waals surface area (Å²) in [6, 6.07) is 0. The zero-order valence-electron chi connectivity index (χ0n) is 6.00. The van der Waals surface area contributed by atoms with Gasteiger partial charge < -0.3 is 39.8 Å². The van der Waals surface area contributed by atoms with E-state index in [4.69, 9.17) is 0 Å². The third kappa shape index (κ3) is 396. The van der Waals surface area contributed by atoms with Gasteiger partial charge in [-0.3, -0.25) is 0 Å². The Balaban J connectivity index is 0. The third-order valence-electron chi connectivity index (χ3n) is 0. The summed E-state index contributed by atoms with van der Waals surface area (Å²) in [4.78, 5) is 0. The minimum Gasteiger partial charge on any atom is -1.00 e. The second-order valence-corrected chi connectivity index (χ2v) is 0. The van der Waals surface area contributed by atoms with Crippen molar-refractivity contribution in [2.24, 2.45) is 0 Å². The van der Waals surface area contributed by atoms with Crippen LogP contribution in [0.5, 0.6) is 0 Å². The zero-order chi connectivity index (χ0) is 0. The number of hydrogen-bond donors (Lipinski definition) is 0. The first-order valence-corrected chi connectivity index (χ1v) is 0. The summed E-state index contributed by atoms with van der Waals surface area (Å²) >= 11 is 0. The van der Waals surface area contributed by atoms with E-state index >= 15 is 0 Å². The standard InChI is InChI=1S/Na.7H2O.H2S.H/h;8*1H2;/q+1;;;;;;;;;-1. The van der Waals surface area contributed by atoms with Crippen LogP contribution in [0.4, 0.5) is 0 Å². The van der Waals surface area contributed by atoms with Crippen molar-refractivity contribution in [3.05, 3.63) is 0 Å². The molecule has 0 fully saturated rings. The van der Waals surface area contributed by atoms with Crippen LogP contribution in [-0.4, -0.2) is 38.3 Å². The fourth-order valence-electron chi connectivity index (χ4n) is 0. The molecule has 0 bridgehead atoms. The van der Waals surface area contributed by atoms with Gasteiger partial charge in [-0.1, -0.05) is 0 Å². The van der Waals surface area contributed by atoms with Crippen molar-refractivity contribution >= 4 is 13.5 Å². The van der Waals surface area contributed by atoms with Crippen molar-refractivity contribution in [1.29, 1.82) is 0 Å². The predicted octanol–water partition coefficient (Wildman–Crippen LogP) is -8.54. The van der Waals surface area contributed by atoms with Crippen LogP contribution in [0.15, 0.2) is 0 Å². The maximum absolute atomic E-state index is 0. The Bertz CT molecular complexity index is 13.6. The van der Waals surface area contributed by atoms with Crippen LogP contribution in [0.3, 0.4) is 0 Å². The van der Waals surface area contributed by atoms with Crippen LogP contribution in [-0.2, 0) is 0 Å². The summed E-state index contributed by atoms with van der Waals surface area (Å²) < 4.78 is 0. The molecule has 0 aliphatic carbocycles. The van der Waals surface area contributed by atoms with Gasteiger partial charge in [-0.25, -0.2) is 0 Å². The van der Waals surface area contributed by atoms with Crippen LogP contribution < -0.4 is 29.6 Å². The predicted molar refractivity (Wildman–Crippen MR) is 36.8 cm³/mol. The normalized spacial score (nSPS) is 0. The molecule has 9 heteroatoms. The van der Waals surface area contributed by atoms with Crippen molar-refractivity contribution in [3.8, 4) is 0 Å². The molecule has 0 saturated heterocycles. The molecule has 0 spiro atoms. The SMILES string of the molecule is O.O.O.O.O.O.O.S.[H-].[Na+]. The first kappa shape index (κ1) is 724. The average Bonchev–Trinajstić information content (AvgIpc) is 0. The molecule has 0 aromatic carbocycles. The monoisotopic (exact) mass is 184 g/mol. The van der Waals surface area contributed by atoms with E-state index in [1.165, 1.54) is 0 Å². The van der Waals surface area contributed by atoms with Gasteiger partial charge in [-0.15, -0.1) is 0 Å². The molecule has 0 radical (unpaired) electrons. The molecular formula is H17NaO7S. The van der Waals surface area contributed by atoms with Gasteiger partial charge in [0.2, 0.25) is 0 Å². The molecule has 0 aliphatic heterocycles. The minimum absolute atomic E-state index is 0. The van der Waals surface area contributed by atoms with Crippen LogP contribution in [0.2, 0.25) is 0 Å². The Morgan fingerprint density at radius 2 is 0.444 bits per heavy atom. The van der Waals surface area contributed by atoms with E-state index in [2.05, 4.69) is 0 Å². The molecule has 0 saturated carbocycles. The number of hydrogen-bond acceptors (Lipinski definition) is 0. The molecule has 7 nitrogen and oxygen atoms in total. The number of rotatable bonds is 0. The molecular weight excluding hydrogens is 167 g/mol. The largest absolute Gasteiger partial charge is 1.00 e. The van der Waals surface area contributed by atoms with E-state index in [-0.39, 0.29) is 82.8 Å². The summed E-state index contributed by atoms with van der Waals surface area (Å²) in [6.07, 6.45) is 0. The minimum atomic E-state index is 0. The third-order valence-corrected chi connectivity index (χ3v) is 0. The van der Waals surface area contributed by atoms with Crippen LogP contribution in [0, 0.1) is 0 Å². The van der Waals surface area contributed by atoms with Crippen LogP contribution >= 0.6 is 13.5 Å². The van der Waals surface area contributed by atoms with E-state index in [0.29, 0.717) is 0 Å². The molecule has 0 atom stereocenters. The molecule has 66 valence electrons. The van der Waals surface area contributed by atoms with Crippen molar-refractivity contribution in [1.82, 2.24) is 0 Å². The summed E-state index contributed by atoms with van der Waals surface area (Å²) in [5, 5.41) is 0. The summed E-state index contributed by atoms with van der Waals surface area (Å²) in [7, 11) is 0. The molecule has 14 N–H and O–H groups in total. The van der Waals surface area contributed by atoms with Crippen molar-refractivity contribution in [2.45, 2.75) is 0 Å². The second-order valence-electron chi connectivity index (χ2n) is 0. The first-order valence-electron chi connectivity index (χ1n) is 0. The van der Waals surface area contributed by atoms with Crippen molar-refractivity contribution < 1.29 is 69.3 Å². The van der Waals surface area contributed by atoms with Gasteiger partial charge in [0.15, 0.2) is 0 Å². The molecule has 0 aliphatic rings. The van der Waals surface area contributed by atoms with Crippen LogP contribution in [0.25, 0.3) is 0 Å². The zero-order valence-corrected chi connectivity index (χ0v) is 8.00. The van der Waals surface area contributed by atoms with Crippen LogP contribution in [0.1, 0.15) is 1.43 Å². The maximum Gasteiger partial charge on any atom is 1.00 e. The van der Waals surface area contributed by atoms with E-state index < -0.39 is 0 Å². The quantitative estimate of drug-likeness (QED) is 0.320. The molecule has 0 unspecified atom stereocenters. The van der Waals surface area contributed by atoms with E-state index in [9.17, 15) is 0 Å². The second kappa shape index (κ2) is 516. The van der Waals surface area contributed by atoms with Gasteiger partial charge in [0.05, 0.1) is 0 Å². The summed E-state index contributed by atoms with van der Waals surface area (Å²) in [6.45, 7) is 0. The molecule has 0 aromatic heterocycles. The van der Waals surface area contributed by atoms with Gasteiger partial charge >= 0.3 is 29.6 Å². The molecule has 9 heavy (non-hydrogen) atoms. The van der Waals surface area contributed by atoms with Gasteiger partial charge in [0, 0.05) is 0 Å². The fraction of sp³-hybridized carbons (Fsp3) is 0. The Labute approximate surface area is 82.8 Å². The molecule has 0 amide bonds.